The first-order chi connectivity index (χ1) is 14.3. The molecule has 0 bridgehead atoms. The molecular weight excluding hydrogens is 486 g/mol. The third-order valence-electron chi connectivity index (χ3n) is 5.47. The van der Waals surface area contributed by atoms with Gasteiger partial charge in [-0.25, -0.2) is 12.8 Å². The molecule has 0 N–H and O–H groups in total. The molecule has 0 amide bonds. The Kier molecular flexibility index (Phi) is 7.86. The van der Waals surface area contributed by atoms with E-state index in [-0.39, 0.29) is 39.8 Å². The highest BCUT2D eigenvalue weighted by molar-refractivity contribution is 7.91. The van der Waals surface area contributed by atoms with Crippen molar-refractivity contribution in [1.29, 1.82) is 0 Å². The van der Waals surface area contributed by atoms with Crippen LogP contribution in [0.4, 0.5) is 4.39 Å². The monoisotopic (exact) mass is 506 g/mol. The molecule has 2 aromatic carbocycles. The van der Waals surface area contributed by atoms with Crippen molar-refractivity contribution in [2.24, 2.45) is 5.92 Å². The van der Waals surface area contributed by atoms with E-state index in [4.69, 9.17) is 27.7 Å². The molecule has 1 fully saturated rings. The Morgan fingerprint density at radius 3 is 2.74 bits per heavy atom. The first-order valence-corrected chi connectivity index (χ1v) is 12.2. The Morgan fingerprint density at radius 1 is 1.16 bits per heavy atom. The first-order valence-electron chi connectivity index (χ1n) is 9.76. The maximum atomic E-state index is 13.3. The van der Waals surface area contributed by atoms with Crippen molar-refractivity contribution < 1.29 is 17.3 Å². The van der Waals surface area contributed by atoms with Gasteiger partial charge in [-0.3, -0.25) is 0 Å². The van der Waals surface area contributed by atoms with Crippen LogP contribution >= 0.6 is 35.6 Å². The third-order valence-corrected chi connectivity index (χ3v) is 8.09. The molecule has 1 aliphatic heterocycles. The Bertz CT molecular complexity index is 1170. The molecule has 1 unspecified atom stereocenters. The zero-order valence-corrected chi connectivity index (χ0v) is 19.7. The van der Waals surface area contributed by atoms with Crippen molar-refractivity contribution in [3.63, 3.8) is 0 Å². The summed E-state index contributed by atoms with van der Waals surface area (Å²) in [5, 5.41) is 5.47. The molecule has 4 rings (SSSR count). The van der Waals surface area contributed by atoms with E-state index in [2.05, 4.69) is 10.1 Å². The van der Waals surface area contributed by atoms with Gasteiger partial charge < -0.3 is 9.42 Å². The van der Waals surface area contributed by atoms with Crippen molar-refractivity contribution in [2.45, 2.75) is 24.2 Å². The second kappa shape index (κ2) is 10.0. The maximum Gasteiger partial charge on any atom is 0.178 e. The molecule has 10 heteroatoms. The van der Waals surface area contributed by atoms with E-state index in [1.54, 1.807) is 6.07 Å². The normalized spacial score (nSPS) is 17.2. The standard InChI is InChI=1S/C21H21Cl2FN2O3S.ClH/c22-18-6-4-16(11-19(18)23)30(27,28)13-14-7-9-26(12-14)8-1-2-20-17-5-3-15(24)10-21(17)29-25-20;/h3-6,10-11,14H,1-2,7-9,12-13H2;1H. The second-order valence-corrected chi connectivity index (χ2v) is 10.5. The maximum absolute atomic E-state index is 13.3. The molecule has 5 nitrogen and oxygen atoms in total. The summed E-state index contributed by atoms with van der Waals surface area (Å²) in [5.41, 5.74) is 1.28. The smallest absolute Gasteiger partial charge is 0.178 e. The van der Waals surface area contributed by atoms with Gasteiger partial charge in [0, 0.05) is 18.0 Å². The van der Waals surface area contributed by atoms with Crippen LogP contribution < -0.4 is 0 Å². The van der Waals surface area contributed by atoms with Crippen LogP contribution in [0, 0.1) is 11.7 Å². The van der Waals surface area contributed by atoms with Crippen LogP contribution in [0.25, 0.3) is 11.0 Å². The van der Waals surface area contributed by atoms with Gasteiger partial charge in [0.2, 0.25) is 0 Å². The Balaban J connectivity index is 0.00000272. The lowest BCUT2D eigenvalue weighted by Crippen LogP contribution is -2.24. The lowest BCUT2D eigenvalue weighted by atomic mass is 10.1. The molecule has 31 heavy (non-hydrogen) atoms. The fourth-order valence-electron chi connectivity index (χ4n) is 3.94. The number of rotatable bonds is 7. The number of aromatic nitrogens is 1. The van der Waals surface area contributed by atoms with E-state index < -0.39 is 9.84 Å². The van der Waals surface area contributed by atoms with Gasteiger partial charge in [-0.15, -0.1) is 12.4 Å². The molecule has 1 aromatic heterocycles. The molecule has 168 valence electrons. The largest absolute Gasteiger partial charge is 0.356 e. The van der Waals surface area contributed by atoms with E-state index >= 15 is 0 Å². The highest BCUT2D eigenvalue weighted by Crippen LogP contribution is 2.28. The van der Waals surface area contributed by atoms with Crippen molar-refractivity contribution in [1.82, 2.24) is 10.1 Å². The minimum Gasteiger partial charge on any atom is -0.356 e. The highest BCUT2D eigenvalue weighted by Gasteiger charge is 2.28. The Labute approximate surface area is 196 Å². The topological polar surface area (TPSA) is 63.4 Å². The Morgan fingerprint density at radius 2 is 1.97 bits per heavy atom. The van der Waals surface area contributed by atoms with E-state index in [0.717, 1.165) is 50.0 Å². The van der Waals surface area contributed by atoms with Crippen molar-refractivity contribution in [3.8, 4) is 0 Å². The number of fused-ring (bicyclic) bond motifs is 1. The van der Waals surface area contributed by atoms with Gasteiger partial charge in [0.15, 0.2) is 15.4 Å². The van der Waals surface area contributed by atoms with E-state index in [1.807, 2.05) is 0 Å². The predicted octanol–water partition coefficient (Wildman–Crippen LogP) is 5.42. The van der Waals surface area contributed by atoms with Crippen LogP contribution in [0.15, 0.2) is 45.8 Å². The number of hydrogen-bond donors (Lipinski definition) is 0. The number of sulfone groups is 1. The van der Waals surface area contributed by atoms with E-state index in [9.17, 15) is 12.8 Å². The summed E-state index contributed by atoms with van der Waals surface area (Å²) in [5.74, 6) is -0.162. The van der Waals surface area contributed by atoms with Gasteiger partial charge in [-0.2, -0.15) is 0 Å². The van der Waals surface area contributed by atoms with Crippen LogP contribution in [0.5, 0.6) is 0 Å². The second-order valence-electron chi connectivity index (χ2n) is 7.69. The van der Waals surface area contributed by atoms with Crippen LogP contribution in [-0.4, -0.2) is 43.9 Å². The summed E-state index contributed by atoms with van der Waals surface area (Å²) >= 11 is 11.9. The number of hydrogen-bond acceptors (Lipinski definition) is 5. The van der Waals surface area contributed by atoms with Gasteiger partial charge in [0.05, 0.1) is 26.4 Å². The Hall–Kier alpha value is -1.38. The molecule has 1 saturated heterocycles. The molecule has 0 saturated carbocycles. The first kappa shape index (κ1) is 24.3. The molecule has 0 radical (unpaired) electrons. The van der Waals surface area contributed by atoms with Crippen LogP contribution in [0.3, 0.4) is 0 Å². The van der Waals surface area contributed by atoms with Crippen LogP contribution in [-0.2, 0) is 16.3 Å². The molecular formula is C21H22Cl3FN2O3S. The summed E-state index contributed by atoms with van der Waals surface area (Å²) in [6, 6.07) is 8.87. The average Bonchev–Trinajstić information content (AvgIpc) is 3.30. The molecule has 3 aromatic rings. The summed E-state index contributed by atoms with van der Waals surface area (Å²) in [7, 11) is -3.41. The average molecular weight is 508 g/mol. The summed E-state index contributed by atoms with van der Waals surface area (Å²) in [6.07, 6.45) is 2.43. The van der Waals surface area contributed by atoms with Crippen molar-refractivity contribution in [3.05, 3.63) is 58.0 Å². The van der Waals surface area contributed by atoms with Crippen molar-refractivity contribution >= 4 is 56.4 Å². The van der Waals surface area contributed by atoms with Gasteiger partial charge in [-0.1, -0.05) is 28.4 Å². The number of aryl methyl sites for hydroxylation is 1. The van der Waals surface area contributed by atoms with Crippen LogP contribution in [0.2, 0.25) is 10.0 Å². The number of nitrogens with zero attached hydrogens (tertiary/aromatic N) is 2. The zero-order valence-electron chi connectivity index (χ0n) is 16.6. The van der Waals surface area contributed by atoms with Crippen molar-refractivity contribution in [2.75, 3.05) is 25.4 Å². The summed E-state index contributed by atoms with van der Waals surface area (Å²) in [6.45, 7) is 2.45. The van der Waals surface area contributed by atoms with Gasteiger partial charge >= 0.3 is 0 Å². The van der Waals surface area contributed by atoms with E-state index in [1.165, 1.54) is 30.3 Å². The van der Waals surface area contributed by atoms with Gasteiger partial charge in [0.1, 0.15) is 5.82 Å². The van der Waals surface area contributed by atoms with Gasteiger partial charge in [-0.05, 0) is 68.6 Å². The molecule has 2 heterocycles. The van der Waals surface area contributed by atoms with E-state index in [0.29, 0.717) is 10.6 Å². The minimum absolute atomic E-state index is 0. The number of benzene rings is 2. The van der Waals surface area contributed by atoms with Crippen LogP contribution in [0.1, 0.15) is 18.5 Å². The third kappa shape index (κ3) is 5.71. The fraction of sp³-hybridized carbons (Fsp3) is 0.381. The SMILES string of the molecule is Cl.O=S(=O)(CC1CCN(CCCc2noc3cc(F)ccc23)C1)c1ccc(Cl)c(Cl)c1. The number of likely N-dealkylation sites (tertiary alicyclic amines) is 1. The molecule has 0 spiro atoms. The summed E-state index contributed by atoms with van der Waals surface area (Å²) in [4.78, 5) is 2.49. The number of halogens is 4. The zero-order chi connectivity index (χ0) is 21.3. The fourth-order valence-corrected chi connectivity index (χ4v) is 5.96. The molecule has 1 aliphatic rings. The quantitative estimate of drug-likeness (QED) is 0.427. The minimum atomic E-state index is -3.41. The summed E-state index contributed by atoms with van der Waals surface area (Å²) < 4.78 is 43.9. The lowest BCUT2D eigenvalue weighted by molar-refractivity contribution is 0.322. The molecule has 1 atom stereocenters. The molecule has 0 aliphatic carbocycles. The highest BCUT2D eigenvalue weighted by atomic mass is 35.5. The lowest BCUT2D eigenvalue weighted by Gasteiger charge is -2.16. The van der Waals surface area contributed by atoms with Gasteiger partial charge in [0.25, 0.3) is 0 Å². The predicted molar refractivity (Wildman–Crippen MR) is 123 cm³/mol.